The van der Waals surface area contributed by atoms with Crippen LogP contribution < -0.4 is 0 Å². The Hall–Kier alpha value is -1.09. The fourth-order valence-electron chi connectivity index (χ4n) is 3.60. The Morgan fingerprint density at radius 2 is 2.24 bits per heavy atom. The Labute approximate surface area is 130 Å². The molecule has 3 unspecified atom stereocenters. The number of hydrogen-bond acceptors (Lipinski definition) is 1. The first kappa shape index (κ1) is 14.8. The summed E-state index contributed by atoms with van der Waals surface area (Å²) in [6, 6.07) is 4.83. The smallest absolute Gasteiger partial charge is 0.127 e. The van der Waals surface area contributed by atoms with Gasteiger partial charge in [-0.05, 0) is 43.7 Å². The number of rotatable bonds is 3. The molecule has 3 rings (SSSR count). The van der Waals surface area contributed by atoms with Crippen molar-refractivity contribution in [2.45, 2.75) is 51.5 Å². The third kappa shape index (κ3) is 3.08. The number of alkyl halides is 1. The quantitative estimate of drug-likeness (QED) is 0.703. The Balaban J connectivity index is 1.97. The minimum Gasteiger partial charge on any atom is -0.326 e. The van der Waals surface area contributed by atoms with E-state index >= 15 is 0 Å². The minimum atomic E-state index is -0.243. The molecule has 1 aliphatic rings. The lowest BCUT2D eigenvalue weighted by molar-refractivity contribution is 0.257. The van der Waals surface area contributed by atoms with Crippen LogP contribution in [-0.4, -0.2) is 9.55 Å². The van der Waals surface area contributed by atoms with Crippen molar-refractivity contribution in [1.29, 1.82) is 0 Å². The number of fused-ring (bicyclic) bond motifs is 1. The van der Waals surface area contributed by atoms with Crippen molar-refractivity contribution in [3.63, 3.8) is 0 Å². The maximum absolute atomic E-state index is 13.4. The number of nitrogens with zero attached hydrogens (tertiary/aromatic N) is 2. The molecule has 1 aromatic carbocycles. The molecule has 3 atom stereocenters. The molecular formula is C17H22ClFN2. The molecule has 0 spiro atoms. The molecule has 21 heavy (non-hydrogen) atoms. The van der Waals surface area contributed by atoms with Crippen molar-refractivity contribution in [3.05, 3.63) is 29.8 Å². The van der Waals surface area contributed by atoms with Crippen molar-refractivity contribution < 1.29 is 4.39 Å². The molecule has 0 aliphatic heterocycles. The van der Waals surface area contributed by atoms with Crippen LogP contribution in [-0.2, 0) is 6.54 Å². The van der Waals surface area contributed by atoms with Gasteiger partial charge in [0.2, 0.25) is 0 Å². The van der Waals surface area contributed by atoms with E-state index in [1.807, 2.05) is 13.0 Å². The van der Waals surface area contributed by atoms with E-state index in [-0.39, 0.29) is 11.2 Å². The van der Waals surface area contributed by atoms with Gasteiger partial charge < -0.3 is 4.57 Å². The van der Waals surface area contributed by atoms with Crippen LogP contribution in [0.3, 0.4) is 0 Å². The second-order valence-electron chi connectivity index (χ2n) is 6.47. The van der Waals surface area contributed by atoms with Gasteiger partial charge in [-0.15, -0.1) is 11.6 Å². The molecule has 4 heteroatoms. The minimum absolute atomic E-state index is 0.165. The average molecular weight is 309 g/mol. The zero-order valence-electron chi connectivity index (χ0n) is 12.6. The van der Waals surface area contributed by atoms with E-state index in [0.717, 1.165) is 23.8 Å². The van der Waals surface area contributed by atoms with Crippen LogP contribution in [0.4, 0.5) is 4.39 Å². The molecule has 0 saturated heterocycles. The largest absolute Gasteiger partial charge is 0.326 e. The van der Waals surface area contributed by atoms with Crippen molar-refractivity contribution in [1.82, 2.24) is 9.55 Å². The van der Waals surface area contributed by atoms with E-state index in [4.69, 9.17) is 11.6 Å². The van der Waals surface area contributed by atoms with Gasteiger partial charge in [0.25, 0.3) is 0 Å². The summed E-state index contributed by atoms with van der Waals surface area (Å²) in [6.07, 6.45) is 5.17. The monoisotopic (exact) mass is 308 g/mol. The SMILES string of the molecule is CC1CCCC(Cn2c(C(C)Cl)nc3cc(F)ccc32)C1. The predicted molar refractivity (Wildman–Crippen MR) is 85.1 cm³/mol. The van der Waals surface area contributed by atoms with E-state index < -0.39 is 0 Å². The normalized spacial score (nSPS) is 24.4. The third-order valence-electron chi connectivity index (χ3n) is 4.58. The molecule has 0 radical (unpaired) electrons. The summed E-state index contributed by atoms with van der Waals surface area (Å²) in [5, 5.41) is -0.165. The Kier molecular flexibility index (Phi) is 4.21. The Morgan fingerprint density at radius 3 is 2.95 bits per heavy atom. The van der Waals surface area contributed by atoms with E-state index in [2.05, 4.69) is 16.5 Å². The van der Waals surface area contributed by atoms with Crippen molar-refractivity contribution in [2.75, 3.05) is 0 Å². The molecule has 0 amide bonds. The lowest BCUT2D eigenvalue weighted by Crippen LogP contribution is -2.19. The molecule has 1 heterocycles. The molecule has 1 saturated carbocycles. The highest BCUT2D eigenvalue weighted by Crippen LogP contribution is 2.32. The standard InChI is InChI=1S/C17H22ClFN2/c1-11-4-3-5-13(8-11)10-21-16-7-6-14(19)9-15(16)20-17(21)12(2)18/h6-7,9,11-13H,3-5,8,10H2,1-2H3. The second-order valence-corrected chi connectivity index (χ2v) is 7.12. The lowest BCUT2D eigenvalue weighted by Gasteiger charge is -2.28. The highest BCUT2D eigenvalue weighted by Gasteiger charge is 2.22. The maximum Gasteiger partial charge on any atom is 0.127 e. The second kappa shape index (κ2) is 5.96. The summed E-state index contributed by atoms with van der Waals surface area (Å²) in [7, 11) is 0. The third-order valence-corrected chi connectivity index (χ3v) is 4.78. The van der Waals surface area contributed by atoms with Crippen molar-refractivity contribution in [3.8, 4) is 0 Å². The highest BCUT2D eigenvalue weighted by molar-refractivity contribution is 6.20. The van der Waals surface area contributed by atoms with Gasteiger partial charge in [-0.2, -0.15) is 0 Å². The van der Waals surface area contributed by atoms with Gasteiger partial charge in [-0.1, -0.05) is 19.8 Å². The first-order valence-electron chi connectivity index (χ1n) is 7.84. The van der Waals surface area contributed by atoms with E-state index in [9.17, 15) is 4.39 Å². The summed E-state index contributed by atoms with van der Waals surface area (Å²) in [5.74, 6) is 2.08. The van der Waals surface area contributed by atoms with Gasteiger partial charge in [0.1, 0.15) is 11.6 Å². The maximum atomic E-state index is 13.4. The van der Waals surface area contributed by atoms with Gasteiger partial charge in [-0.3, -0.25) is 0 Å². The summed E-state index contributed by atoms with van der Waals surface area (Å²) in [4.78, 5) is 4.55. The Bertz CT molecular complexity index is 635. The number of halogens is 2. The van der Waals surface area contributed by atoms with Crippen molar-refractivity contribution in [2.24, 2.45) is 11.8 Å². The van der Waals surface area contributed by atoms with Crippen LogP contribution in [0.25, 0.3) is 11.0 Å². The highest BCUT2D eigenvalue weighted by atomic mass is 35.5. The fraction of sp³-hybridized carbons (Fsp3) is 0.588. The number of hydrogen-bond donors (Lipinski definition) is 0. The van der Waals surface area contributed by atoms with E-state index in [1.54, 1.807) is 0 Å². The van der Waals surface area contributed by atoms with Gasteiger partial charge >= 0.3 is 0 Å². The van der Waals surface area contributed by atoms with Crippen molar-refractivity contribution >= 4 is 22.6 Å². The number of benzene rings is 1. The molecule has 1 aromatic heterocycles. The fourth-order valence-corrected chi connectivity index (χ4v) is 3.77. The lowest BCUT2D eigenvalue weighted by atomic mass is 9.82. The summed E-state index contributed by atoms with van der Waals surface area (Å²) < 4.78 is 15.6. The topological polar surface area (TPSA) is 17.8 Å². The Morgan fingerprint density at radius 1 is 1.43 bits per heavy atom. The molecule has 0 N–H and O–H groups in total. The van der Waals surface area contributed by atoms with Gasteiger partial charge in [0.05, 0.1) is 16.4 Å². The molecule has 1 fully saturated rings. The van der Waals surface area contributed by atoms with E-state index in [0.29, 0.717) is 11.4 Å². The molecule has 0 bridgehead atoms. The molecule has 114 valence electrons. The van der Waals surface area contributed by atoms with Crippen LogP contribution in [0.1, 0.15) is 50.7 Å². The number of aromatic nitrogens is 2. The molecular weight excluding hydrogens is 287 g/mol. The van der Waals surface area contributed by atoms with Crippen LogP contribution in [0.15, 0.2) is 18.2 Å². The first-order valence-corrected chi connectivity index (χ1v) is 8.28. The zero-order chi connectivity index (χ0) is 15.0. The average Bonchev–Trinajstić information content (AvgIpc) is 2.77. The van der Waals surface area contributed by atoms with E-state index in [1.165, 1.54) is 37.8 Å². The molecule has 2 nitrogen and oxygen atoms in total. The summed E-state index contributed by atoms with van der Waals surface area (Å²) in [5.41, 5.74) is 1.71. The van der Waals surface area contributed by atoms with Crippen LogP contribution in [0, 0.1) is 17.7 Å². The van der Waals surface area contributed by atoms with Gasteiger partial charge in [0.15, 0.2) is 0 Å². The number of imidazole rings is 1. The summed E-state index contributed by atoms with van der Waals surface area (Å²) >= 11 is 6.29. The van der Waals surface area contributed by atoms with Crippen LogP contribution >= 0.6 is 11.6 Å². The zero-order valence-corrected chi connectivity index (χ0v) is 13.4. The summed E-state index contributed by atoms with van der Waals surface area (Å²) in [6.45, 7) is 5.20. The molecule has 2 aromatic rings. The molecule has 1 aliphatic carbocycles. The van der Waals surface area contributed by atoms with Gasteiger partial charge in [0, 0.05) is 12.6 Å². The predicted octanol–water partition coefficient (Wildman–Crippen LogP) is 5.30. The van der Waals surface area contributed by atoms with Gasteiger partial charge in [-0.25, -0.2) is 9.37 Å². The van der Waals surface area contributed by atoms with Crippen LogP contribution in [0.5, 0.6) is 0 Å². The first-order chi connectivity index (χ1) is 10.0. The van der Waals surface area contributed by atoms with Crippen LogP contribution in [0.2, 0.25) is 0 Å².